The molecule has 180 valence electrons. The molecule has 32 heavy (non-hydrogen) atoms. The van der Waals surface area contributed by atoms with Gasteiger partial charge in [-0.2, -0.15) is 0 Å². The lowest BCUT2D eigenvalue weighted by Gasteiger charge is -2.24. The van der Waals surface area contributed by atoms with Crippen LogP contribution < -0.4 is 14.2 Å². The Balaban J connectivity index is 3.18. The van der Waals surface area contributed by atoms with E-state index < -0.39 is 34.9 Å². The average Bonchev–Trinajstić information content (AvgIpc) is 2.69. The minimum absolute atomic E-state index is 0.0808. The third-order valence-electron chi connectivity index (χ3n) is 5.37. The number of carbonyl (C=O) groups excluding carboxylic acids is 3. The van der Waals surface area contributed by atoms with E-state index in [2.05, 4.69) is 0 Å². The first-order valence-electron chi connectivity index (χ1n) is 10.8. The molecule has 0 saturated carbocycles. The number of esters is 1. The Hall–Kier alpha value is -2.77. The van der Waals surface area contributed by atoms with Crippen LogP contribution in [-0.4, -0.2) is 29.5 Å². The van der Waals surface area contributed by atoms with Gasteiger partial charge < -0.3 is 23.7 Å². The second-order valence-corrected chi connectivity index (χ2v) is 9.37. The summed E-state index contributed by atoms with van der Waals surface area (Å²) in [6.45, 7) is 16.1. The highest BCUT2D eigenvalue weighted by molar-refractivity contribution is 5.78. The molecule has 0 amide bonds. The molecule has 0 aliphatic heterocycles. The minimum Gasteiger partial charge on any atom is -0.428 e. The van der Waals surface area contributed by atoms with Crippen LogP contribution in [0.15, 0.2) is 18.2 Å². The van der Waals surface area contributed by atoms with Crippen LogP contribution in [0.4, 0.5) is 9.59 Å². The van der Waals surface area contributed by atoms with Gasteiger partial charge in [0, 0.05) is 6.07 Å². The summed E-state index contributed by atoms with van der Waals surface area (Å²) < 4.78 is 26.6. The Kier molecular flexibility index (Phi) is 9.12. The smallest absolute Gasteiger partial charge is 0.428 e. The third-order valence-corrected chi connectivity index (χ3v) is 5.37. The summed E-state index contributed by atoms with van der Waals surface area (Å²) >= 11 is 0. The van der Waals surface area contributed by atoms with E-state index in [1.807, 2.05) is 20.8 Å². The van der Waals surface area contributed by atoms with Gasteiger partial charge in [0.25, 0.3) is 0 Å². The van der Waals surface area contributed by atoms with Crippen LogP contribution in [0.25, 0.3) is 0 Å². The van der Waals surface area contributed by atoms with Gasteiger partial charge in [-0.1, -0.05) is 20.8 Å². The fourth-order valence-electron chi connectivity index (χ4n) is 1.92. The predicted molar refractivity (Wildman–Crippen MR) is 119 cm³/mol. The molecular formula is C24H36O8. The van der Waals surface area contributed by atoms with Crippen LogP contribution >= 0.6 is 0 Å². The molecule has 0 atom stereocenters. The summed E-state index contributed by atoms with van der Waals surface area (Å²) in [6.07, 6.45) is -0.227. The SMILES string of the molecule is CCC(C)(C)OC(=O)Oc1ccc(OC(=O)C(C)(C)CC)cc1OC(=O)OC(C)(C)CC. The van der Waals surface area contributed by atoms with E-state index in [0.717, 1.165) is 0 Å². The van der Waals surface area contributed by atoms with Crippen molar-refractivity contribution in [1.29, 1.82) is 0 Å². The van der Waals surface area contributed by atoms with Crippen LogP contribution in [-0.2, 0) is 14.3 Å². The molecule has 1 aromatic rings. The van der Waals surface area contributed by atoms with Crippen molar-refractivity contribution in [3.63, 3.8) is 0 Å². The van der Waals surface area contributed by atoms with Crippen molar-refractivity contribution in [2.45, 2.75) is 92.8 Å². The molecule has 8 nitrogen and oxygen atoms in total. The first-order chi connectivity index (χ1) is 14.6. The molecule has 0 saturated heterocycles. The number of benzene rings is 1. The first kappa shape index (κ1) is 27.3. The molecule has 0 bridgehead atoms. The molecule has 0 spiro atoms. The quantitative estimate of drug-likeness (QED) is 0.240. The highest BCUT2D eigenvalue weighted by Gasteiger charge is 2.29. The van der Waals surface area contributed by atoms with Crippen molar-refractivity contribution >= 4 is 18.3 Å². The molecular weight excluding hydrogens is 416 g/mol. The molecule has 1 rings (SSSR count). The molecule has 0 heterocycles. The molecule has 0 aliphatic carbocycles. The van der Waals surface area contributed by atoms with Gasteiger partial charge in [0.05, 0.1) is 5.41 Å². The molecule has 0 aromatic heterocycles. The third kappa shape index (κ3) is 8.40. The first-order valence-corrected chi connectivity index (χ1v) is 10.8. The summed E-state index contributed by atoms with van der Waals surface area (Å²) in [6, 6.07) is 4.08. The Morgan fingerprint density at radius 2 is 1.16 bits per heavy atom. The molecule has 0 fully saturated rings. The lowest BCUT2D eigenvalue weighted by atomic mass is 9.91. The van der Waals surface area contributed by atoms with Crippen molar-refractivity contribution in [2.24, 2.45) is 5.41 Å². The number of hydrogen-bond acceptors (Lipinski definition) is 8. The predicted octanol–water partition coefficient (Wildman–Crippen LogP) is 6.44. The van der Waals surface area contributed by atoms with Gasteiger partial charge in [-0.25, -0.2) is 9.59 Å². The van der Waals surface area contributed by atoms with E-state index in [9.17, 15) is 14.4 Å². The summed E-state index contributed by atoms with van der Waals surface area (Å²) in [5.74, 6) is -0.544. The van der Waals surface area contributed by atoms with Crippen molar-refractivity contribution in [3.05, 3.63) is 18.2 Å². The Bertz CT molecular complexity index is 823. The molecule has 0 aliphatic rings. The second-order valence-electron chi connectivity index (χ2n) is 9.37. The zero-order valence-electron chi connectivity index (χ0n) is 20.6. The molecule has 0 radical (unpaired) electrons. The maximum absolute atomic E-state index is 12.4. The van der Waals surface area contributed by atoms with E-state index in [4.69, 9.17) is 23.7 Å². The van der Waals surface area contributed by atoms with E-state index in [1.165, 1.54) is 18.2 Å². The van der Waals surface area contributed by atoms with E-state index in [-0.39, 0.29) is 17.2 Å². The minimum atomic E-state index is -0.985. The fraction of sp³-hybridized carbons (Fsp3) is 0.625. The Morgan fingerprint density at radius 3 is 1.59 bits per heavy atom. The van der Waals surface area contributed by atoms with Gasteiger partial charge in [-0.15, -0.1) is 0 Å². The Morgan fingerprint density at radius 1 is 0.688 bits per heavy atom. The van der Waals surface area contributed by atoms with Gasteiger partial charge in [0.1, 0.15) is 17.0 Å². The monoisotopic (exact) mass is 452 g/mol. The van der Waals surface area contributed by atoms with E-state index >= 15 is 0 Å². The van der Waals surface area contributed by atoms with Gasteiger partial charge in [0.15, 0.2) is 11.5 Å². The van der Waals surface area contributed by atoms with Gasteiger partial charge in [-0.05, 0) is 72.9 Å². The maximum atomic E-state index is 12.4. The largest absolute Gasteiger partial charge is 0.514 e. The number of hydrogen-bond donors (Lipinski definition) is 0. The second kappa shape index (κ2) is 10.7. The summed E-state index contributed by atoms with van der Waals surface area (Å²) in [4.78, 5) is 37.0. The number of ether oxygens (including phenoxy) is 5. The molecule has 0 unspecified atom stereocenters. The lowest BCUT2D eigenvalue weighted by Crippen LogP contribution is -2.30. The summed E-state index contributed by atoms with van der Waals surface area (Å²) in [5.41, 5.74) is -2.18. The van der Waals surface area contributed by atoms with Crippen LogP contribution in [0, 0.1) is 5.41 Å². The van der Waals surface area contributed by atoms with E-state index in [0.29, 0.717) is 19.3 Å². The van der Waals surface area contributed by atoms with Crippen molar-refractivity contribution in [2.75, 3.05) is 0 Å². The lowest BCUT2D eigenvalue weighted by molar-refractivity contribution is -0.144. The van der Waals surface area contributed by atoms with Crippen LogP contribution in [0.2, 0.25) is 0 Å². The van der Waals surface area contributed by atoms with Gasteiger partial charge in [0.2, 0.25) is 0 Å². The zero-order chi connectivity index (χ0) is 24.7. The standard InChI is InChI=1S/C24H36O8/c1-10-22(4,5)19(25)28-16-13-14-17(29-20(26)31-23(6,7)11-2)18(15-16)30-21(27)32-24(8,9)12-3/h13-15H,10-12H2,1-9H3. The number of rotatable bonds is 9. The maximum Gasteiger partial charge on any atom is 0.514 e. The summed E-state index contributed by atoms with van der Waals surface area (Å²) in [7, 11) is 0. The summed E-state index contributed by atoms with van der Waals surface area (Å²) in [5, 5.41) is 0. The highest BCUT2D eigenvalue weighted by Crippen LogP contribution is 2.34. The van der Waals surface area contributed by atoms with Crippen LogP contribution in [0.3, 0.4) is 0 Å². The normalized spacial score (nSPS) is 12.0. The van der Waals surface area contributed by atoms with Crippen LogP contribution in [0.5, 0.6) is 17.2 Å². The Labute approximate surface area is 190 Å². The average molecular weight is 453 g/mol. The van der Waals surface area contributed by atoms with E-state index in [1.54, 1.807) is 41.5 Å². The van der Waals surface area contributed by atoms with Crippen molar-refractivity contribution in [1.82, 2.24) is 0 Å². The topological polar surface area (TPSA) is 97.4 Å². The fourth-order valence-corrected chi connectivity index (χ4v) is 1.92. The highest BCUT2D eigenvalue weighted by atomic mass is 16.8. The van der Waals surface area contributed by atoms with Gasteiger partial charge >= 0.3 is 18.3 Å². The zero-order valence-corrected chi connectivity index (χ0v) is 20.6. The van der Waals surface area contributed by atoms with Crippen molar-refractivity contribution in [3.8, 4) is 17.2 Å². The van der Waals surface area contributed by atoms with Crippen LogP contribution in [0.1, 0.15) is 81.6 Å². The molecule has 8 heteroatoms. The van der Waals surface area contributed by atoms with Crippen molar-refractivity contribution < 1.29 is 38.1 Å². The number of carbonyl (C=O) groups is 3. The molecule has 0 N–H and O–H groups in total. The molecule has 1 aromatic carbocycles. The van der Waals surface area contributed by atoms with Gasteiger partial charge in [-0.3, -0.25) is 4.79 Å².